The van der Waals surface area contributed by atoms with Gasteiger partial charge in [0.1, 0.15) is 0 Å². The van der Waals surface area contributed by atoms with Crippen LogP contribution in [0.4, 0.5) is 5.69 Å². The molecule has 0 saturated carbocycles. The highest BCUT2D eigenvalue weighted by molar-refractivity contribution is 7.98. The van der Waals surface area contributed by atoms with Crippen molar-refractivity contribution in [3.05, 3.63) is 58.6 Å². The number of anilines is 1. The van der Waals surface area contributed by atoms with Crippen LogP contribution in [-0.4, -0.2) is 6.26 Å². The Labute approximate surface area is 118 Å². The van der Waals surface area contributed by atoms with Crippen LogP contribution in [0.3, 0.4) is 0 Å². The van der Waals surface area contributed by atoms with E-state index in [2.05, 4.69) is 48.8 Å². The molecule has 2 aromatic carbocycles. The van der Waals surface area contributed by atoms with Gasteiger partial charge in [-0.05, 0) is 48.6 Å². The number of aryl methyl sites for hydroxylation is 1. The van der Waals surface area contributed by atoms with Crippen LogP contribution in [0.1, 0.15) is 11.1 Å². The first-order valence-electron chi connectivity index (χ1n) is 5.82. The topological polar surface area (TPSA) is 12.0 Å². The fourth-order valence-corrected chi connectivity index (χ4v) is 2.64. The van der Waals surface area contributed by atoms with Gasteiger partial charge in [-0.3, -0.25) is 0 Å². The molecule has 0 bridgehead atoms. The number of halogens is 1. The second-order valence-corrected chi connectivity index (χ2v) is 5.41. The first-order chi connectivity index (χ1) is 8.70. The summed E-state index contributed by atoms with van der Waals surface area (Å²) in [6.45, 7) is 2.91. The van der Waals surface area contributed by atoms with Crippen LogP contribution in [0.25, 0.3) is 0 Å². The zero-order valence-corrected chi connectivity index (χ0v) is 12.1. The average Bonchev–Trinajstić information content (AvgIpc) is 2.38. The zero-order chi connectivity index (χ0) is 13.0. The molecule has 0 atom stereocenters. The molecular weight excluding hydrogens is 262 g/mol. The number of benzene rings is 2. The molecule has 2 rings (SSSR count). The summed E-state index contributed by atoms with van der Waals surface area (Å²) in [7, 11) is 0. The first-order valence-corrected chi connectivity index (χ1v) is 7.43. The van der Waals surface area contributed by atoms with E-state index >= 15 is 0 Å². The molecule has 0 aromatic heterocycles. The smallest absolute Gasteiger partial charge is 0.0480 e. The van der Waals surface area contributed by atoms with Gasteiger partial charge in [-0.15, -0.1) is 11.8 Å². The van der Waals surface area contributed by atoms with Crippen LogP contribution in [0, 0.1) is 6.92 Å². The first kappa shape index (κ1) is 13.3. The van der Waals surface area contributed by atoms with Gasteiger partial charge in [0, 0.05) is 22.2 Å². The van der Waals surface area contributed by atoms with Crippen molar-refractivity contribution in [2.24, 2.45) is 0 Å². The summed E-state index contributed by atoms with van der Waals surface area (Å²) >= 11 is 7.71. The predicted octanol–water partition coefficient (Wildman–Crippen LogP) is 4.98. The van der Waals surface area contributed by atoms with E-state index in [1.807, 2.05) is 12.1 Å². The summed E-state index contributed by atoms with van der Waals surface area (Å²) in [6.07, 6.45) is 2.09. The number of nitrogens with one attached hydrogen (secondary N) is 1. The van der Waals surface area contributed by atoms with Crippen molar-refractivity contribution in [1.29, 1.82) is 0 Å². The summed E-state index contributed by atoms with van der Waals surface area (Å²) in [6, 6.07) is 14.4. The van der Waals surface area contributed by atoms with Crippen LogP contribution in [0.5, 0.6) is 0 Å². The Balaban J connectivity index is 2.11. The number of thioether (sulfide) groups is 1. The predicted molar refractivity (Wildman–Crippen MR) is 81.7 cm³/mol. The highest BCUT2D eigenvalue weighted by Gasteiger charge is 2.02. The van der Waals surface area contributed by atoms with Crippen LogP contribution < -0.4 is 5.32 Å². The van der Waals surface area contributed by atoms with E-state index in [-0.39, 0.29) is 0 Å². The lowest BCUT2D eigenvalue weighted by molar-refractivity contribution is 1.11. The summed E-state index contributed by atoms with van der Waals surface area (Å²) in [4.78, 5) is 1.27. The number of rotatable bonds is 4. The standard InChI is InChI=1S/C15H16ClNS/c1-11-9-13(16)8-7-12(11)10-17-14-5-3-4-6-15(14)18-2/h3-9,17H,10H2,1-2H3. The molecule has 18 heavy (non-hydrogen) atoms. The molecule has 0 saturated heterocycles. The molecule has 3 heteroatoms. The number of para-hydroxylation sites is 1. The van der Waals surface area contributed by atoms with Crippen molar-refractivity contribution in [1.82, 2.24) is 0 Å². The van der Waals surface area contributed by atoms with Crippen LogP contribution in [-0.2, 0) is 6.54 Å². The Morgan fingerprint density at radius 2 is 1.94 bits per heavy atom. The van der Waals surface area contributed by atoms with Gasteiger partial charge in [0.25, 0.3) is 0 Å². The largest absolute Gasteiger partial charge is 0.380 e. The lowest BCUT2D eigenvalue weighted by Gasteiger charge is -2.12. The fourth-order valence-electron chi connectivity index (χ4n) is 1.84. The molecule has 0 aliphatic rings. The third-order valence-corrected chi connectivity index (χ3v) is 3.91. The van der Waals surface area contributed by atoms with Crippen molar-refractivity contribution < 1.29 is 0 Å². The molecular formula is C15H16ClNS. The van der Waals surface area contributed by atoms with E-state index in [4.69, 9.17) is 11.6 Å². The molecule has 0 heterocycles. The average molecular weight is 278 g/mol. The highest BCUT2D eigenvalue weighted by atomic mass is 35.5. The van der Waals surface area contributed by atoms with Gasteiger partial charge in [-0.1, -0.05) is 29.8 Å². The summed E-state index contributed by atoms with van der Waals surface area (Å²) in [5.74, 6) is 0. The van der Waals surface area contributed by atoms with Gasteiger partial charge in [0.15, 0.2) is 0 Å². The Kier molecular flexibility index (Phi) is 4.56. The highest BCUT2D eigenvalue weighted by Crippen LogP contribution is 2.25. The Morgan fingerprint density at radius 3 is 2.67 bits per heavy atom. The Hall–Kier alpha value is -1.12. The summed E-state index contributed by atoms with van der Waals surface area (Å²) < 4.78 is 0. The van der Waals surface area contributed by atoms with Gasteiger partial charge >= 0.3 is 0 Å². The molecule has 0 unspecified atom stereocenters. The molecule has 2 aromatic rings. The van der Waals surface area contributed by atoms with Crippen molar-refractivity contribution >= 4 is 29.1 Å². The lowest BCUT2D eigenvalue weighted by atomic mass is 10.1. The quantitative estimate of drug-likeness (QED) is 0.791. The minimum absolute atomic E-state index is 0.792. The van der Waals surface area contributed by atoms with Gasteiger partial charge in [-0.25, -0.2) is 0 Å². The van der Waals surface area contributed by atoms with Crippen LogP contribution >= 0.6 is 23.4 Å². The maximum Gasteiger partial charge on any atom is 0.0480 e. The molecule has 94 valence electrons. The van der Waals surface area contributed by atoms with E-state index in [9.17, 15) is 0 Å². The third-order valence-electron chi connectivity index (χ3n) is 2.88. The van der Waals surface area contributed by atoms with Crippen molar-refractivity contribution in [2.75, 3.05) is 11.6 Å². The minimum Gasteiger partial charge on any atom is -0.380 e. The monoisotopic (exact) mass is 277 g/mol. The molecule has 0 spiro atoms. The van der Waals surface area contributed by atoms with Crippen LogP contribution in [0.2, 0.25) is 5.02 Å². The minimum atomic E-state index is 0.792. The van der Waals surface area contributed by atoms with E-state index < -0.39 is 0 Å². The third kappa shape index (κ3) is 3.21. The molecule has 0 fully saturated rings. The summed E-state index contributed by atoms with van der Waals surface area (Å²) in [5, 5.41) is 4.27. The molecule has 0 amide bonds. The fraction of sp³-hybridized carbons (Fsp3) is 0.200. The molecule has 0 radical (unpaired) electrons. The Morgan fingerprint density at radius 1 is 1.17 bits per heavy atom. The SMILES string of the molecule is CSc1ccccc1NCc1ccc(Cl)cc1C. The van der Waals surface area contributed by atoms with E-state index in [1.54, 1.807) is 11.8 Å². The Bertz CT molecular complexity index is 540. The van der Waals surface area contributed by atoms with Gasteiger partial charge in [-0.2, -0.15) is 0 Å². The van der Waals surface area contributed by atoms with E-state index in [0.717, 1.165) is 11.6 Å². The molecule has 0 aliphatic heterocycles. The normalized spacial score (nSPS) is 10.4. The van der Waals surface area contributed by atoms with Gasteiger partial charge in [0.05, 0.1) is 0 Å². The van der Waals surface area contributed by atoms with Gasteiger partial charge < -0.3 is 5.32 Å². The maximum absolute atomic E-state index is 5.96. The van der Waals surface area contributed by atoms with Crippen LogP contribution in [0.15, 0.2) is 47.4 Å². The van der Waals surface area contributed by atoms with Crippen molar-refractivity contribution in [2.45, 2.75) is 18.4 Å². The van der Waals surface area contributed by atoms with Gasteiger partial charge in [0.2, 0.25) is 0 Å². The summed E-state index contributed by atoms with van der Waals surface area (Å²) in [5.41, 5.74) is 3.67. The molecule has 1 nitrogen and oxygen atoms in total. The number of hydrogen-bond donors (Lipinski definition) is 1. The van der Waals surface area contributed by atoms with Crippen molar-refractivity contribution in [3.63, 3.8) is 0 Å². The van der Waals surface area contributed by atoms with E-state index in [1.165, 1.54) is 21.7 Å². The molecule has 1 N–H and O–H groups in total. The number of hydrogen-bond acceptors (Lipinski definition) is 2. The molecule has 0 aliphatic carbocycles. The second kappa shape index (κ2) is 6.17. The lowest BCUT2D eigenvalue weighted by Crippen LogP contribution is -2.02. The zero-order valence-electron chi connectivity index (χ0n) is 10.5. The van der Waals surface area contributed by atoms with Crippen molar-refractivity contribution in [3.8, 4) is 0 Å². The van der Waals surface area contributed by atoms with E-state index in [0.29, 0.717) is 0 Å². The maximum atomic E-state index is 5.96. The second-order valence-electron chi connectivity index (χ2n) is 4.12.